The van der Waals surface area contributed by atoms with Crippen LogP contribution in [0.3, 0.4) is 0 Å². The zero-order valence-electron chi connectivity index (χ0n) is 12.1. The Labute approximate surface area is 123 Å². The van der Waals surface area contributed by atoms with Gasteiger partial charge in [-0.25, -0.2) is 12.8 Å². The van der Waals surface area contributed by atoms with Crippen LogP contribution < -0.4 is 10.5 Å². The first-order chi connectivity index (χ1) is 9.72. The quantitative estimate of drug-likeness (QED) is 0.856. The van der Waals surface area contributed by atoms with Gasteiger partial charge in [0.05, 0.1) is 16.3 Å². The lowest BCUT2D eigenvalue weighted by Crippen LogP contribution is -2.16. The highest BCUT2D eigenvalue weighted by atomic mass is 32.2. The Morgan fingerprint density at radius 3 is 2.43 bits per heavy atom. The van der Waals surface area contributed by atoms with E-state index in [0.717, 1.165) is 23.3 Å². The third-order valence-electron chi connectivity index (χ3n) is 3.43. The fourth-order valence-corrected chi connectivity index (χ4v) is 3.41. The van der Waals surface area contributed by atoms with Gasteiger partial charge in [-0.15, -0.1) is 0 Å². The molecule has 4 nitrogen and oxygen atoms in total. The number of nitrogen functional groups attached to an aromatic ring is 1. The van der Waals surface area contributed by atoms with Crippen LogP contribution in [0, 0.1) is 26.6 Å². The molecule has 0 atom stereocenters. The third kappa shape index (κ3) is 3.00. The molecule has 0 unspecified atom stereocenters. The van der Waals surface area contributed by atoms with E-state index < -0.39 is 15.8 Å². The summed E-state index contributed by atoms with van der Waals surface area (Å²) in [5, 5.41) is 0. The van der Waals surface area contributed by atoms with E-state index in [9.17, 15) is 12.8 Å². The van der Waals surface area contributed by atoms with Gasteiger partial charge in [-0.05, 0) is 55.7 Å². The molecular weight excluding hydrogens is 291 g/mol. The van der Waals surface area contributed by atoms with Gasteiger partial charge in [0.15, 0.2) is 0 Å². The maximum atomic E-state index is 13.4. The molecule has 0 spiro atoms. The predicted molar refractivity (Wildman–Crippen MR) is 82.3 cm³/mol. The van der Waals surface area contributed by atoms with E-state index in [1.165, 1.54) is 6.92 Å². The normalized spacial score (nSPS) is 11.4. The topological polar surface area (TPSA) is 72.2 Å². The molecule has 0 bridgehead atoms. The first kappa shape index (κ1) is 15.3. The first-order valence-corrected chi connectivity index (χ1v) is 7.85. The number of nitrogens with one attached hydrogen (secondary N) is 1. The Kier molecular flexibility index (Phi) is 3.91. The van der Waals surface area contributed by atoms with Crippen LogP contribution in [0.4, 0.5) is 15.8 Å². The highest BCUT2D eigenvalue weighted by Crippen LogP contribution is 2.26. The van der Waals surface area contributed by atoms with Crippen molar-refractivity contribution in [2.24, 2.45) is 0 Å². The summed E-state index contributed by atoms with van der Waals surface area (Å²) >= 11 is 0. The number of rotatable bonds is 3. The molecule has 0 radical (unpaired) electrons. The largest absolute Gasteiger partial charge is 0.396 e. The zero-order chi connectivity index (χ0) is 15.8. The molecule has 6 heteroatoms. The van der Waals surface area contributed by atoms with Crippen LogP contribution in [-0.2, 0) is 10.0 Å². The van der Waals surface area contributed by atoms with Crippen molar-refractivity contribution in [1.82, 2.24) is 0 Å². The standard InChI is InChI=1S/C15H17FN2O2S/c1-9-5-4-6-14(11(9)3)18-21(19,20)15-8-13(17)12(16)7-10(15)2/h4-8,18H,17H2,1-3H3. The Balaban J connectivity index is 2.48. The van der Waals surface area contributed by atoms with Crippen LogP contribution >= 0.6 is 0 Å². The maximum Gasteiger partial charge on any atom is 0.262 e. The van der Waals surface area contributed by atoms with Crippen LogP contribution in [0.2, 0.25) is 0 Å². The van der Waals surface area contributed by atoms with E-state index >= 15 is 0 Å². The van der Waals surface area contributed by atoms with Gasteiger partial charge in [0.25, 0.3) is 10.0 Å². The third-order valence-corrected chi connectivity index (χ3v) is 4.94. The van der Waals surface area contributed by atoms with E-state index in [0.29, 0.717) is 11.3 Å². The van der Waals surface area contributed by atoms with Gasteiger partial charge < -0.3 is 5.73 Å². The molecule has 0 aliphatic heterocycles. The molecule has 112 valence electrons. The molecule has 2 aromatic rings. The van der Waals surface area contributed by atoms with Crippen molar-refractivity contribution in [2.75, 3.05) is 10.5 Å². The van der Waals surface area contributed by atoms with Crippen LogP contribution in [0.25, 0.3) is 0 Å². The summed E-state index contributed by atoms with van der Waals surface area (Å²) in [4.78, 5) is -0.0256. The van der Waals surface area contributed by atoms with E-state index in [2.05, 4.69) is 4.72 Å². The summed E-state index contributed by atoms with van der Waals surface area (Å²) in [6, 6.07) is 7.60. The van der Waals surface area contributed by atoms with E-state index in [4.69, 9.17) is 5.73 Å². The van der Waals surface area contributed by atoms with Gasteiger partial charge >= 0.3 is 0 Å². The fourth-order valence-electron chi connectivity index (χ4n) is 2.02. The van der Waals surface area contributed by atoms with E-state index in [1.54, 1.807) is 12.1 Å². The van der Waals surface area contributed by atoms with Gasteiger partial charge in [-0.2, -0.15) is 0 Å². The van der Waals surface area contributed by atoms with Crippen molar-refractivity contribution in [2.45, 2.75) is 25.7 Å². The molecule has 0 saturated heterocycles. The van der Waals surface area contributed by atoms with Crippen molar-refractivity contribution in [1.29, 1.82) is 0 Å². The number of benzene rings is 2. The average molecular weight is 308 g/mol. The first-order valence-electron chi connectivity index (χ1n) is 6.37. The smallest absolute Gasteiger partial charge is 0.262 e. The number of aryl methyl sites for hydroxylation is 2. The van der Waals surface area contributed by atoms with E-state index in [1.807, 2.05) is 19.9 Å². The van der Waals surface area contributed by atoms with E-state index in [-0.39, 0.29) is 10.6 Å². The minimum Gasteiger partial charge on any atom is -0.396 e. The number of halogens is 1. The lowest BCUT2D eigenvalue weighted by Gasteiger charge is -2.14. The van der Waals surface area contributed by atoms with Crippen molar-refractivity contribution in [3.8, 4) is 0 Å². The van der Waals surface area contributed by atoms with Gasteiger partial charge in [0.2, 0.25) is 0 Å². The Bertz CT molecular complexity index is 802. The maximum absolute atomic E-state index is 13.4. The number of hydrogen-bond acceptors (Lipinski definition) is 3. The lowest BCUT2D eigenvalue weighted by molar-refractivity contribution is 0.599. The average Bonchev–Trinajstić information content (AvgIpc) is 2.39. The lowest BCUT2D eigenvalue weighted by atomic mass is 10.1. The SMILES string of the molecule is Cc1cc(F)c(N)cc1S(=O)(=O)Nc1cccc(C)c1C. The summed E-state index contributed by atoms with van der Waals surface area (Å²) in [6.07, 6.45) is 0. The molecule has 21 heavy (non-hydrogen) atoms. The van der Waals surface area contributed by atoms with Crippen molar-refractivity contribution >= 4 is 21.4 Å². The Hall–Kier alpha value is -2.08. The molecule has 0 aliphatic carbocycles. The van der Waals surface area contributed by atoms with Crippen LogP contribution in [0.15, 0.2) is 35.2 Å². The monoisotopic (exact) mass is 308 g/mol. The second-order valence-corrected chi connectivity index (χ2v) is 6.64. The molecule has 0 aromatic heterocycles. The Morgan fingerprint density at radius 2 is 1.76 bits per heavy atom. The van der Waals surface area contributed by atoms with Crippen LogP contribution in [-0.4, -0.2) is 8.42 Å². The van der Waals surface area contributed by atoms with Crippen LogP contribution in [0.1, 0.15) is 16.7 Å². The van der Waals surface area contributed by atoms with Gasteiger partial charge in [0, 0.05) is 0 Å². The van der Waals surface area contributed by atoms with Crippen molar-refractivity contribution in [3.63, 3.8) is 0 Å². The summed E-state index contributed by atoms with van der Waals surface area (Å²) in [6.45, 7) is 5.26. The molecule has 2 aromatic carbocycles. The molecular formula is C15H17FN2O2S. The molecule has 0 saturated carbocycles. The molecule has 0 amide bonds. The number of nitrogens with two attached hydrogens (primary N) is 1. The van der Waals surface area contributed by atoms with Crippen LogP contribution in [0.5, 0.6) is 0 Å². The van der Waals surface area contributed by atoms with Crippen molar-refractivity contribution in [3.05, 3.63) is 52.8 Å². The highest BCUT2D eigenvalue weighted by molar-refractivity contribution is 7.92. The Morgan fingerprint density at radius 1 is 1.10 bits per heavy atom. The number of hydrogen-bond donors (Lipinski definition) is 2. The minimum atomic E-state index is -3.82. The van der Waals surface area contributed by atoms with Gasteiger partial charge in [-0.3, -0.25) is 4.72 Å². The van der Waals surface area contributed by atoms with Crippen molar-refractivity contribution < 1.29 is 12.8 Å². The summed E-state index contributed by atoms with van der Waals surface area (Å²) in [5.41, 5.74) is 7.90. The molecule has 0 heterocycles. The second kappa shape index (κ2) is 5.37. The highest BCUT2D eigenvalue weighted by Gasteiger charge is 2.20. The fraction of sp³-hybridized carbons (Fsp3) is 0.200. The molecule has 2 rings (SSSR count). The molecule has 0 aliphatic rings. The van der Waals surface area contributed by atoms with Gasteiger partial charge in [-0.1, -0.05) is 12.1 Å². The predicted octanol–water partition coefficient (Wildman–Crippen LogP) is 3.13. The van der Waals surface area contributed by atoms with Gasteiger partial charge in [0.1, 0.15) is 5.82 Å². The zero-order valence-corrected chi connectivity index (χ0v) is 12.9. The minimum absolute atomic E-state index is 0.0256. The number of sulfonamides is 1. The number of anilines is 2. The summed E-state index contributed by atoms with van der Waals surface area (Å²) < 4.78 is 40.8. The summed E-state index contributed by atoms with van der Waals surface area (Å²) in [7, 11) is -3.82. The summed E-state index contributed by atoms with van der Waals surface area (Å²) in [5.74, 6) is -0.627. The molecule has 0 fully saturated rings. The molecule has 3 N–H and O–H groups in total. The second-order valence-electron chi connectivity index (χ2n) is 4.99.